The third-order valence-corrected chi connectivity index (χ3v) is 9.33. The van der Waals surface area contributed by atoms with Crippen molar-refractivity contribution in [2.75, 3.05) is 14.2 Å². The molecule has 0 radical (unpaired) electrons. The Labute approximate surface area is 154 Å². The van der Waals surface area contributed by atoms with Crippen LogP contribution in [0, 0.1) is 40.9 Å². The van der Waals surface area contributed by atoms with Crippen molar-refractivity contribution >= 4 is 0 Å². The number of hydrogen-bond acceptors (Lipinski definition) is 2. The van der Waals surface area contributed by atoms with E-state index in [1.807, 2.05) is 14.2 Å². The number of fused-ring (bicyclic) bond motifs is 5. The summed E-state index contributed by atoms with van der Waals surface area (Å²) in [6, 6.07) is 0. The molecule has 2 heteroatoms. The Morgan fingerprint density at radius 3 is 2.44 bits per heavy atom. The fraction of sp³-hybridized carbons (Fsp3) is 0.913. The second kappa shape index (κ2) is 6.37. The van der Waals surface area contributed by atoms with Crippen LogP contribution in [0.25, 0.3) is 0 Å². The van der Waals surface area contributed by atoms with Crippen LogP contribution in [0.15, 0.2) is 11.6 Å². The Morgan fingerprint density at radius 2 is 1.76 bits per heavy atom. The van der Waals surface area contributed by atoms with Crippen LogP contribution in [0.4, 0.5) is 0 Å². The summed E-state index contributed by atoms with van der Waals surface area (Å²) in [5, 5.41) is 0. The van der Waals surface area contributed by atoms with E-state index in [9.17, 15) is 0 Å². The lowest BCUT2D eigenvalue weighted by molar-refractivity contribution is -0.273. The Hall–Kier alpha value is -0.340. The van der Waals surface area contributed by atoms with Crippen LogP contribution >= 0.6 is 0 Å². The first-order chi connectivity index (χ1) is 12.0. The summed E-state index contributed by atoms with van der Waals surface area (Å²) < 4.78 is 11.8. The molecule has 0 bridgehead atoms. The highest BCUT2D eigenvalue weighted by atomic mass is 16.7. The van der Waals surface area contributed by atoms with E-state index < -0.39 is 0 Å². The topological polar surface area (TPSA) is 18.5 Å². The highest BCUT2D eigenvalue weighted by Crippen LogP contribution is 2.65. The first-order valence-electron chi connectivity index (χ1n) is 10.7. The molecule has 0 N–H and O–H groups in total. The Bertz CT molecular complexity index is 534. The van der Waals surface area contributed by atoms with Crippen molar-refractivity contribution < 1.29 is 9.47 Å². The summed E-state index contributed by atoms with van der Waals surface area (Å²) in [6.07, 6.45) is 13.4. The van der Waals surface area contributed by atoms with Crippen molar-refractivity contribution in [1.29, 1.82) is 0 Å². The molecular formula is C23H38O2. The van der Waals surface area contributed by atoms with Gasteiger partial charge in [0.25, 0.3) is 0 Å². The van der Waals surface area contributed by atoms with Gasteiger partial charge in [-0.15, -0.1) is 0 Å². The number of allylic oxidation sites excluding steroid dienone is 2. The largest absolute Gasteiger partial charge is 0.353 e. The Balaban J connectivity index is 1.57. The number of methoxy groups -OCH3 is 2. The van der Waals surface area contributed by atoms with Crippen molar-refractivity contribution in [3.63, 3.8) is 0 Å². The van der Waals surface area contributed by atoms with Crippen LogP contribution in [0.1, 0.15) is 72.1 Å². The Morgan fingerprint density at radius 1 is 1.00 bits per heavy atom. The molecule has 4 fully saturated rings. The van der Waals surface area contributed by atoms with E-state index in [4.69, 9.17) is 9.47 Å². The molecule has 0 aliphatic heterocycles. The summed E-state index contributed by atoms with van der Waals surface area (Å²) in [5.41, 5.74) is 2.29. The molecule has 0 unspecified atom stereocenters. The van der Waals surface area contributed by atoms with Crippen LogP contribution in [-0.4, -0.2) is 20.0 Å². The average molecular weight is 347 g/mol. The van der Waals surface area contributed by atoms with Gasteiger partial charge >= 0.3 is 0 Å². The van der Waals surface area contributed by atoms with Crippen LogP contribution < -0.4 is 0 Å². The summed E-state index contributed by atoms with van der Waals surface area (Å²) in [5.74, 6) is 4.78. The lowest BCUT2D eigenvalue weighted by Crippen LogP contribution is -2.54. The van der Waals surface area contributed by atoms with Gasteiger partial charge in [-0.2, -0.15) is 0 Å². The molecule has 7 atom stereocenters. The second-order valence-electron chi connectivity index (χ2n) is 9.81. The molecule has 2 nitrogen and oxygen atoms in total. The zero-order valence-electron chi connectivity index (χ0n) is 17.0. The van der Waals surface area contributed by atoms with Crippen LogP contribution in [0.2, 0.25) is 0 Å². The summed E-state index contributed by atoms with van der Waals surface area (Å²) in [7, 11) is 3.68. The van der Waals surface area contributed by atoms with Gasteiger partial charge in [-0.3, -0.25) is 0 Å². The van der Waals surface area contributed by atoms with Crippen molar-refractivity contribution in [2.45, 2.75) is 77.9 Å². The van der Waals surface area contributed by atoms with Crippen LogP contribution in [0.5, 0.6) is 0 Å². The van der Waals surface area contributed by atoms with E-state index in [0.717, 1.165) is 36.0 Å². The minimum Gasteiger partial charge on any atom is -0.353 e. The fourth-order valence-corrected chi connectivity index (χ4v) is 7.98. The number of hydrogen-bond donors (Lipinski definition) is 0. The van der Waals surface area contributed by atoms with Crippen molar-refractivity contribution in [3.05, 3.63) is 11.6 Å². The van der Waals surface area contributed by atoms with Crippen molar-refractivity contribution in [1.82, 2.24) is 0 Å². The van der Waals surface area contributed by atoms with E-state index in [1.54, 1.807) is 5.57 Å². The molecule has 0 heterocycles. The maximum Gasteiger partial charge on any atom is 0.170 e. The molecule has 4 rings (SSSR count). The van der Waals surface area contributed by atoms with E-state index in [1.165, 1.54) is 44.9 Å². The lowest BCUT2D eigenvalue weighted by atomic mass is 9.49. The summed E-state index contributed by atoms with van der Waals surface area (Å²) in [4.78, 5) is 0. The number of ether oxygens (including phenoxy) is 2. The molecule has 4 aliphatic carbocycles. The quantitative estimate of drug-likeness (QED) is 0.463. The van der Waals surface area contributed by atoms with Crippen LogP contribution in [-0.2, 0) is 9.47 Å². The fourth-order valence-electron chi connectivity index (χ4n) is 7.98. The monoisotopic (exact) mass is 346 g/mol. The normalized spacial score (nSPS) is 50.2. The summed E-state index contributed by atoms with van der Waals surface area (Å²) >= 11 is 0. The van der Waals surface area contributed by atoms with E-state index >= 15 is 0 Å². The van der Waals surface area contributed by atoms with Crippen molar-refractivity contribution in [3.8, 4) is 0 Å². The van der Waals surface area contributed by atoms with Gasteiger partial charge in [-0.1, -0.05) is 25.5 Å². The first kappa shape index (κ1) is 18.0. The van der Waals surface area contributed by atoms with E-state index in [2.05, 4.69) is 26.8 Å². The van der Waals surface area contributed by atoms with Gasteiger partial charge < -0.3 is 9.47 Å². The Kier molecular flexibility index (Phi) is 4.60. The van der Waals surface area contributed by atoms with E-state index in [-0.39, 0.29) is 5.79 Å². The van der Waals surface area contributed by atoms with E-state index in [0.29, 0.717) is 11.3 Å². The molecular weight excluding hydrogens is 308 g/mol. The minimum atomic E-state index is -0.331. The lowest BCUT2D eigenvalue weighted by Gasteiger charge is -2.58. The van der Waals surface area contributed by atoms with Gasteiger partial charge in [0.2, 0.25) is 0 Å². The predicted molar refractivity (Wildman–Crippen MR) is 102 cm³/mol. The third-order valence-electron chi connectivity index (χ3n) is 9.33. The highest BCUT2D eigenvalue weighted by Gasteiger charge is 2.57. The predicted octanol–water partition coefficient (Wildman–Crippen LogP) is 5.82. The van der Waals surface area contributed by atoms with Gasteiger partial charge in [0.1, 0.15) is 0 Å². The molecule has 142 valence electrons. The molecule has 0 aromatic rings. The van der Waals surface area contributed by atoms with Crippen molar-refractivity contribution in [2.24, 2.45) is 40.9 Å². The number of rotatable bonds is 2. The first-order valence-corrected chi connectivity index (χ1v) is 10.7. The van der Waals surface area contributed by atoms with Crippen LogP contribution in [0.3, 0.4) is 0 Å². The molecule has 0 saturated heterocycles. The smallest absolute Gasteiger partial charge is 0.170 e. The maximum absolute atomic E-state index is 5.91. The molecule has 25 heavy (non-hydrogen) atoms. The average Bonchev–Trinajstić information content (AvgIpc) is 2.97. The highest BCUT2D eigenvalue weighted by molar-refractivity contribution is 5.23. The summed E-state index contributed by atoms with van der Waals surface area (Å²) in [6.45, 7) is 7.21. The zero-order chi connectivity index (χ0) is 17.8. The molecule has 0 amide bonds. The maximum atomic E-state index is 5.91. The third kappa shape index (κ3) is 2.50. The van der Waals surface area contributed by atoms with Gasteiger partial charge in [-0.05, 0) is 86.9 Å². The molecule has 4 saturated carbocycles. The van der Waals surface area contributed by atoms with Gasteiger partial charge in [0, 0.05) is 26.6 Å². The molecule has 4 aliphatic rings. The molecule has 0 aromatic heterocycles. The van der Waals surface area contributed by atoms with Gasteiger partial charge in [0.15, 0.2) is 5.79 Å². The van der Waals surface area contributed by atoms with Gasteiger partial charge in [-0.25, -0.2) is 0 Å². The zero-order valence-corrected chi connectivity index (χ0v) is 17.0. The SMILES string of the molecule is CC=C1CC[C@H]2[C@@H]3CC[C@H]4CC(OC)(OC)[C@@H](C)C[C@@H]4[C@H]3CC[C@]12C. The molecule has 0 spiro atoms. The minimum absolute atomic E-state index is 0.331. The second-order valence-corrected chi connectivity index (χ2v) is 9.81. The van der Waals surface area contributed by atoms with Gasteiger partial charge in [0.05, 0.1) is 0 Å². The standard InChI is InChI=1S/C23H38O2/c1-6-17-8-10-21-19-9-7-16-14-23(24-4,25-5)15(2)13-20(16)18(19)11-12-22(17,21)3/h6,15-16,18-21H,7-14H2,1-5H3/t15-,16-,18-,19+,20-,21-,22+/m0/s1. The molecule has 0 aromatic carbocycles.